The van der Waals surface area contributed by atoms with E-state index >= 15 is 0 Å². The standard InChI is InChI=1S/C15H24S2/c1-4-9-16-11-14-5-7-15(8-6-14)12-17-10-13(2)3/h5-8,13H,4,9-12H2,1-3H3. The third-order valence-electron chi connectivity index (χ3n) is 2.36. The molecule has 2 heteroatoms. The predicted octanol–water partition coefficient (Wildman–Crippen LogP) is 5.22. The van der Waals surface area contributed by atoms with Gasteiger partial charge in [0.2, 0.25) is 0 Å². The molecule has 0 aromatic heterocycles. The summed E-state index contributed by atoms with van der Waals surface area (Å²) in [5.41, 5.74) is 2.92. The van der Waals surface area contributed by atoms with E-state index < -0.39 is 0 Å². The minimum atomic E-state index is 0.796. The highest BCUT2D eigenvalue weighted by Crippen LogP contribution is 2.18. The molecule has 0 saturated carbocycles. The smallest absolute Gasteiger partial charge is 0.0184 e. The highest BCUT2D eigenvalue weighted by atomic mass is 32.2. The van der Waals surface area contributed by atoms with Crippen molar-refractivity contribution >= 4 is 23.5 Å². The van der Waals surface area contributed by atoms with Crippen LogP contribution in [0.5, 0.6) is 0 Å². The van der Waals surface area contributed by atoms with Crippen LogP contribution in [-0.2, 0) is 11.5 Å². The molecular weight excluding hydrogens is 244 g/mol. The van der Waals surface area contributed by atoms with Gasteiger partial charge in [-0.3, -0.25) is 0 Å². The van der Waals surface area contributed by atoms with E-state index in [1.165, 1.54) is 29.1 Å². The highest BCUT2D eigenvalue weighted by Gasteiger charge is 1.98. The molecule has 0 fully saturated rings. The Labute approximate surface area is 115 Å². The molecule has 1 aromatic rings. The van der Waals surface area contributed by atoms with Crippen LogP contribution in [0.3, 0.4) is 0 Å². The fourth-order valence-corrected chi connectivity index (χ4v) is 3.36. The Kier molecular flexibility index (Phi) is 7.87. The van der Waals surface area contributed by atoms with Crippen LogP contribution in [0.4, 0.5) is 0 Å². The largest absolute Gasteiger partial charge is 0.157 e. The molecule has 0 spiro atoms. The molecule has 0 aliphatic heterocycles. The third kappa shape index (κ3) is 7.05. The van der Waals surface area contributed by atoms with Crippen molar-refractivity contribution in [2.75, 3.05) is 11.5 Å². The zero-order chi connectivity index (χ0) is 12.5. The molecule has 0 atom stereocenters. The quantitative estimate of drug-likeness (QED) is 0.593. The maximum Gasteiger partial charge on any atom is 0.0184 e. The van der Waals surface area contributed by atoms with E-state index in [0.29, 0.717) is 0 Å². The summed E-state index contributed by atoms with van der Waals surface area (Å²) in [7, 11) is 0. The summed E-state index contributed by atoms with van der Waals surface area (Å²) in [5.74, 6) is 5.64. The van der Waals surface area contributed by atoms with Crippen molar-refractivity contribution < 1.29 is 0 Å². The first-order valence-electron chi connectivity index (χ1n) is 6.45. The fourth-order valence-electron chi connectivity index (χ4n) is 1.48. The van der Waals surface area contributed by atoms with E-state index in [1.807, 2.05) is 23.5 Å². The first-order valence-corrected chi connectivity index (χ1v) is 8.76. The van der Waals surface area contributed by atoms with Crippen molar-refractivity contribution in [2.45, 2.75) is 38.7 Å². The zero-order valence-electron chi connectivity index (χ0n) is 11.2. The second kappa shape index (κ2) is 8.93. The van der Waals surface area contributed by atoms with Crippen LogP contribution in [0.25, 0.3) is 0 Å². The van der Waals surface area contributed by atoms with Crippen LogP contribution >= 0.6 is 23.5 Å². The monoisotopic (exact) mass is 268 g/mol. The summed E-state index contributed by atoms with van der Waals surface area (Å²) in [6, 6.07) is 9.15. The van der Waals surface area contributed by atoms with Crippen molar-refractivity contribution in [3.05, 3.63) is 35.4 Å². The summed E-state index contributed by atoms with van der Waals surface area (Å²) >= 11 is 4.07. The molecule has 1 aromatic carbocycles. The average Bonchev–Trinajstić information content (AvgIpc) is 2.31. The topological polar surface area (TPSA) is 0 Å². The SMILES string of the molecule is CCCSCc1ccc(CSCC(C)C)cc1. The van der Waals surface area contributed by atoms with Gasteiger partial charge in [0.05, 0.1) is 0 Å². The van der Waals surface area contributed by atoms with E-state index in [4.69, 9.17) is 0 Å². The van der Waals surface area contributed by atoms with Gasteiger partial charge in [-0.05, 0) is 35.0 Å². The van der Waals surface area contributed by atoms with Gasteiger partial charge in [-0.1, -0.05) is 45.0 Å². The molecule has 0 bridgehead atoms. The van der Waals surface area contributed by atoms with Gasteiger partial charge >= 0.3 is 0 Å². The first-order chi connectivity index (χ1) is 8.22. The molecule has 0 amide bonds. The Morgan fingerprint density at radius 3 is 1.94 bits per heavy atom. The minimum Gasteiger partial charge on any atom is -0.157 e. The number of benzene rings is 1. The summed E-state index contributed by atoms with van der Waals surface area (Å²) in [6.45, 7) is 6.80. The average molecular weight is 268 g/mol. The molecule has 17 heavy (non-hydrogen) atoms. The second-order valence-corrected chi connectivity index (χ2v) is 6.91. The summed E-state index contributed by atoms with van der Waals surface area (Å²) in [4.78, 5) is 0. The lowest BCUT2D eigenvalue weighted by Gasteiger charge is -2.06. The number of thioether (sulfide) groups is 2. The van der Waals surface area contributed by atoms with Crippen molar-refractivity contribution in [3.8, 4) is 0 Å². The molecule has 96 valence electrons. The summed E-state index contributed by atoms with van der Waals surface area (Å²) in [5, 5.41) is 0. The molecule has 0 unspecified atom stereocenters. The van der Waals surface area contributed by atoms with Crippen LogP contribution < -0.4 is 0 Å². The van der Waals surface area contributed by atoms with Gasteiger partial charge in [-0.25, -0.2) is 0 Å². The van der Waals surface area contributed by atoms with Gasteiger partial charge in [0.15, 0.2) is 0 Å². The van der Waals surface area contributed by atoms with Crippen molar-refractivity contribution in [1.29, 1.82) is 0 Å². The first kappa shape index (κ1) is 15.0. The molecule has 0 aliphatic carbocycles. The molecule has 0 radical (unpaired) electrons. The van der Waals surface area contributed by atoms with Crippen molar-refractivity contribution in [1.82, 2.24) is 0 Å². The Morgan fingerprint density at radius 2 is 1.47 bits per heavy atom. The molecule has 1 rings (SSSR count). The molecular formula is C15H24S2. The van der Waals surface area contributed by atoms with Gasteiger partial charge in [-0.15, -0.1) is 0 Å². The Bertz CT molecular complexity index is 290. The summed E-state index contributed by atoms with van der Waals surface area (Å²) < 4.78 is 0. The second-order valence-electron chi connectivity index (χ2n) is 4.78. The minimum absolute atomic E-state index is 0.796. The molecule has 0 heterocycles. The lowest BCUT2D eigenvalue weighted by Crippen LogP contribution is -1.92. The van der Waals surface area contributed by atoms with Crippen molar-refractivity contribution in [3.63, 3.8) is 0 Å². The summed E-state index contributed by atoms with van der Waals surface area (Å²) in [6.07, 6.45) is 1.27. The molecule has 0 saturated heterocycles. The predicted molar refractivity (Wildman–Crippen MR) is 83.9 cm³/mol. The van der Waals surface area contributed by atoms with E-state index in [0.717, 1.165) is 17.4 Å². The van der Waals surface area contributed by atoms with Crippen LogP contribution in [0, 0.1) is 5.92 Å². The normalized spacial score (nSPS) is 11.1. The number of hydrogen-bond donors (Lipinski definition) is 0. The zero-order valence-corrected chi connectivity index (χ0v) is 12.9. The van der Waals surface area contributed by atoms with E-state index in [-0.39, 0.29) is 0 Å². The van der Waals surface area contributed by atoms with Crippen LogP contribution in [0.2, 0.25) is 0 Å². The number of hydrogen-bond acceptors (Lipinski definition) is 2. The maximum atomic E-state index is 2.29. The lowest BCUT2D eigenvalue weighted by molar-refractivity contribution is 0.750. The van der Waals surface area contributed by atoms with Crippen LogP contribution in [0.1, 0.15) is 38.3 Å². The number of rotatable bonds is 8. The molecule has 0 N–H and O–H groups in total. The lowest BCUT2D eigenvalue weighted by atomic mass is 10.2. The van der Waals surface area contributed by atoms with Gasteiger partial charge in [0.1, 0.15) is 0 Å². The van der Waals surface area contributed by atoms with Crippen LogP contribution in [-0.4, -0.2) is 11.5 Å². The van der Waals surface area contributed by atoms with Gasteiger partial charge in [0.25, 0.3) is 0 Å². The molecule has 0 aliphatic rings. The Balaban J connectivity index is 2.29. The maximum absolute atomic E-state index is 2.29. The van der Waals surface area contributed by atoms with Crippen molar-refractivity contribution in [2.24, 2.45) is 5.92 Å². The van der Waals surface area contributed by atoms with Gasteiger partial charge in [0, 0.05) is 11.5 Å². The van der Waals surface area contributed by atoms with E-state index in [9.17, 15) is 0 Å². The van der Waals surface area contributed by atoms with Gasteiger partial charge < -0.3 is 0 Å². The third-order valence-corrected chi connectivity index (χ3v) is 5.03. The van der Waals surface area contributed by atoms with E-state index in [2.05, 4.69) is 45.0 Å². The van der Waals surface area contributed by atoms with Crippen LogP contribution in [0.15, 0.2) is 24.3 Å². The highest BCUT2D eigenvalue weighted by molar-refractivity contribution is 7.98. The Hall–Kier alpha value is -0.0800. The van der Waals surface area contributed by atoms with E-state index in [1.54, 1.807) is 0 Å². The van der Waals surface area contributed by atoms with Gasteiger partial charge in [-0.2, -0.15) is 23.5 Å². The molecule has 0 nitrogen and oxygen atoms in total. The Morgan fingerprint density at radius 1 is 0.941 bits per heavy atom. The fraction of sp³-hybridized carbons (Fsp3) is 0.600.